The molecule has 0 spiro atoms. The lowest BCUT2D eigenvalue weighted by atomic mass is 10.1. The maximum atomic E-state index is 12.9. The summed E-state index contributed by atoms with van der Waals surface area (Å²) in [5.74, 6) is -0.395. The van der Waals surface area contributed by atoms with Crippen molar-refractivity contribution in [1.29, 1.82) is 0 Å². The lowest BCUT2D eigenvalue weighted by Crippen LogP contribution is -2.43. The maximum absolute atomic E-state index is 12.9. The Bertz CT molecular complexity index is 1250. The molecule has 33 heavy (non-hydrogen) atoms. The number of nitrogens with one attached hydrogen (secondary N) is 2. The standard InChI is InChI=1S/C25H23N5O3/c1-17-11-18(2)13-21(12-17)33-16-23(31)27-28-25(32)22-15-30(20-8-4-3-5-9-20)29-24(22)19-7-6-10-26-14-19/h3-15H,16H2,1-2H3,(H,27,31)(H,28,32). The molecular weight excluding hydrogens is 418 g/mol. The molecule has 0 unspecified atom stereocenters. The molecule has 0 fully saturated rings. The van der Waals surface area contributed by atoms with Gasteiger partial charge in [0, 0.05) is 24.2 Å². The van der Waals surface area contributed by atoms with E-state index in [0.717, 1.165) is 16.8 Å². The normalized spacial score (nSPS) is 10.5. The third-order valence-electron chi connectivity index (χ3n) is 4.80. The van der Waals surface area contributed by atoms with E-state index in [1.54, 1.807) is 29.3 Å². The summed E-state index contributed by atoms with van der Waals surface area (Å²) in [4.78, 5) is 29.2. The lowest BCUT2D eigenvalue weighted by molar-refractivity contribution is -0.123. The summed E-state index contributed by atoms with van der Waals surface area (Å²) in [5, 5.41) is 4.57. The molecule has 0 aliphatic carbocycles. The van der Waals surface area contributed by atoms with Gasteiger partial charge in [0.05, 0.1) is 11.3 Å². The molecule has 2 aromatic carbocycles. The third kappa shape index (κ3) is 5.43. The van der Waals surface area contributed by atoms with E-state index in [0.29, 0.717) is 22.6 Å². The minimum atomic E-state index is -0.504. The Morgan fingerprint density at radius 2 is 1.73 bits per heavy atom. The van der Waals surface area contributed by atoms with Gasteiger partial charge >= 0.3 is 0 Å². The molecule has 8 heteroatoms. The van der Waals surface area contributed by atoms with E-state index in [-0.39, 0.29) is 6.61 Å². The number of aromatic nitrogens is 3. The van der Waals surface area contributed by atoms with Crippen LogP contribution in [0.15, 0.2) is 79.3 Å². The first-order valence-electron chi connectivity index (χ1n) is 10.4. The van der Waals surface area contributed by atoms with Crippen molar-refractivity contribution >= 4 is 11.8 Å². The minimum Gasteiger partial charge on any atom is -0.484 e. The Balaban J connectivity index is 1.47. The highest BCUT2D eigenvalue weighted by Gasteiger charge is 2.19. The van der Waals surface area contributed by atoms with Gasteiger partial charge in [0.15, 0.2) is 6.61 Å². The molecule has 0 saturated heterocycles. The predicted molar refractivity (Wildman–Crippen MR) is 124 cm³/mol. The number of carbonyl (C=O) groups excluding carboxylic acids is 2. The molecule has 8 nitrogen and oxygen atoms in total. The zero-order chi connectivity index (χ0) is 23.2. The van der Waals surface area contributed by atoms with Crippen LogP contribution in [-0.2, 0) is 4.79 Å². The summed E-state index contributed by atoms with van der Waals surface area (Å²) in [6.45, 7) is 3.67. The smallest absolute Gasteiger partial charge is 0.276 e. The van der Waals surface area contributed by atoms with Crippen molar-refractivity contribution in [2.45, 2.75) is 13.8 Å². The van der Waals surface area contributed by atoms with Crippen molar-refractivity contribution in [3.05, 3.63) is 95.9 Å². The summed E-state index contributed by atoms with van der Waals surface area (Å²) in [7, 11) is 0. The number of pyridine rings is 1. The van der Waals surface area contributed by atoms with Crippen LogP contribution in [0.1, 0.15) is 21.5 Å². The minimum absolute atomic E-state index is 0.234. The molecule has 4 aromatic rings. The number of hydrazine groups is 1. The molecule has 0 radical (unpaired) electrons. The number of hydrogen-bond donors (Lipinski definition) is 2. The summed E-state index contributed by atoms with van der Waals surface area (Å²) < 4.78 is 7.15. The second-order valence-electron chi connectivity index (χ2n) is 7.53. The van der Waals surface area contributed by atoms with Gasteiger partial charge in [-0.1, -0.05) is 24.3 Å². The number of hydrogen-bond acceptors (Lipinski definition) is 5. The average molecular weight is 441 g/mol. The zero-order valence-corrected chi connectivity index (χ0v) is 18.3. The molecule has 0 saturated carbocycles. The fourth-order valence-corrected chi connectivity index (χ4v) is 3.36. The first kappa shape index (κ1) is 21.8. The molecule has 0 bridgehead atoms. The van der Waals surface area contributed by atoms with Crippen LogP contribution in [0.5, 0.6) is 5.75 Å². The SMILES string of the molecule is Cc1cc(C)cc(OCC(=O)NNC(=O)c2cn(-c3ccccc3)nc2-c2cccnc2)c1. The van der Waals surface area contributed by atoms with Crippen LogP contribution in [0.25, 0.3) is 16.9 Å². The van der Waals surface area contributed by atoms with E-state index >= 15 is 0 Å². The van der Waals surface area contributed by atoms with Gasteiger partial charge in [-0.2, -0.15) is 5.10 Å². The molecule has 0 aliphatic heterocycles. The number of carbonyl (C=O) groups is 2. The second kappa shape index (κ2) is 9.78. The van der Waals surface area contributed by atoms with E-state index in [2.05, 4.69) is 20.9 Å². The van der Waals surface area contributed by atoms with E-state index in [4.69, 9.17) is 4.74 Å². The van der Waals surface area contributed by atoms with Crippen LogP contribution in [0, 0.1) is 13.8 Å². The van der Waals surface area contributed by atoms with Crippen molar-refractivity contribution in [2.24, 2.45) is 0 Å². The summed E-state index contributed by atoms with van der Waals surface area (Å²) >= 11 is 0. The fourth-order valence-electron chi connectivity index (χ4n) is 3.36. The van der Waals surface area contributed by atoms with Gasteiger partial charge in [-0.15, -0.1) is 0 Å². The maximum Gasteiger partial charge on any atom is 0.276 e. The van der Waals surface area contributed by atoms with Crippen LogP contribution in [0.4, 0.5) is 0 Å². The largest absolute Gasteiger partial charge is 0.484 e. The Kier molecular flexibility index (Phi) is 6.45. The van der Waals surface area contributed by atoms with Crippen LogP contribution in [0.3, 0.4) is 0 Å². The molecule has 166 valence electrons. The predicted octanol–water partition coefficient (Wildman–Crippen LogP) is 3.39. The lowest BCUT2D eigenvalue weighted by Gasteiger charge is -2.10. The summed E-state index contributed by atoms with van der Waals surface area (Å²) in [6, 6.07) is 18.7. The third-order valence-corrected chi connectivity index (χ3v) is 4.80. The number of ether oxygens (including phenoxy) is 1. The molecular formula is C25H23N5O3. The molecule has 2 aromatic heterocycles. The van der Waals surface area contributed by atoms with E-state index in [9.17, 15) is 9.59 Å². The summed E-state index contributed by atoms with van der Waals surface area (Å²) in [6.07, 6.45) is 4.89. The first-order chi connectivity index (χ1) is 16.0. The van der Waals surface area contributed by atoms with Crippen LogP contribution >= 0.6 is 0 Å². The average Bonchev–Trinajstić information content (AvgIpc) is 3.27. The van der Waals surface area contributed by atoms with Gasteiger partial charge in [-0.25, -0.2) is 4.68 Å². The molecule has 0 aliphatic rings. The van der Waals surface area contributed by atoms with Gasteiger partial charge in [0.2, 0.25) is 0 Å². The fraction of sp³-hybridized carbons (Fsp3) is 0.120. The van der Waals surface area contributed by atoms with Gasteiger partial charge in [0.25, 0.3) is 11.8 Å². The highest BCUT2D eigenvalue weighted by Crippen LogP contribution is 2.23. The Morgan fingerprint density at radius 1 is 0.970 bits per heavy atom. The molecule has 2 N–H and O–H groups in total. The van der Waals surface area contributed by atoms with Gasteiger partial charge in [0.1, 0.15) is 11.4 Å². The number of aryl methyl sites for hydroxylation is 2. The summed E-state index contributed by atoms with van der Waals surface area (Å²) in [5.41, 5.74) is 9.13. The Labute approximate surface area is 191 Å². The molecule has 0 atom stereocenters. The van der Waals surface area contributed by atoms with Gasteiger partial charge < -0.3 is 4.74 Å². The monoisotopic (exact) mass is 441 g/mol. The van der Waals surface area contributed by atoms with Crippen molar-refractivity contribution in [3.8, 4) is 22.7 Å². The van der Waals surface area contributed by atoms with Crippen molar-refractivity contribution in [3.63, 3.8) is 0 Å². The first-order valence-corrected chi connectivity index (χ1v) is 10.4. The highest BCUT2D eigenvalue weighted by atomic mass is 16.5. The number of nitrogens with zero attached hydrogens (tertiary/aromatic N) is 3. The molecule has 4 rings (SSSR count). The van der Waals surface area contributed by atoms with Gasteiger partial charge in [-0.3, -0.25) is 25.4 Å². The number of benzene rings is 2. The number of para-hydroxylation sites is 1. The highest BCUT2D eigenvalue weighted by molar-refractivity contribution is 6.00. The molecule has 2 amide bonds. The van der Waals surface area contributed by atoms with Crippen molar-refractivity contribution in [1.82, 2.24) is 25.6 Å². The number of rotatable bonds is 6. The zero-order valence-electron chi connectivity index (χ0n) is 18.3. The van der Waals surface area contributed by atoms with E-state index in [1.165, 1.54) is 0 Å². The van der Waals surface area contributed by atoms with Crippen LogP contribution in [0.2, 0.25) is 0 Å². The van der Waals surface area contributed by atoms with E-state index in [1.807, 2.05) is 68.4 Å². The second-order valence-corrected chi connectivity index (χ2v) is 7.53. The van der Waals surface area contributed by atoms with Gasteiger partial charge in [-0.05, 0) is 61.4 Å². The Morgan fingerprint density at radius 3 is 2.42 bits per heavy atom. The number of amides is 2. The topological polar surface area (TPSA) is 98.1 Å². The van der Waals surface area contributed by atoms with Crippen LogP contribution < -0.4 is 15.6 Å². The van der Waals surface area contributed by atoms with E-state index < -0.39 is 11.8 Å². The van der Waals surface area contributed by atoms with Crippen LogP contribution in [-0.4, -0.2) is 33.2 Å². The molecule has 2 heterocycles. The Hall–Kier alpha value is -4.46. The van der Waals surface area contributed by atoms with Crippen molar-refractivity contribution in [2.75, 3.05) is 6.61 Å². The van der Waals surface area contributed by atoms with Crippen molar-refractivity contribution < 1.29 is 14.3 Å². The quantitative estimate of drug-likeness (QED) is 0.447.